The minimum atomic E-state index is 0.0263. The van der Waals surface area contributed by atoms with Gasteiger partial charge >= 0.3 is 0 Å². The van der Waals surface area contributed by atoms with Crippen molar-refractivity contribution in [2.75, 3.05) is 13.1 Å². The number of rotatable bonds is 7. The number of ether oxygens (including phenoxy) is 1. The highest BCUT2D eigenvalue weighted by Gasteiger charge is 2.27. The van der Waals surface area contributed by atoms with E-state index in [-0.39, 0.29) is 12.0 Å². The monoisotopic (exact) mass is 391 g/mol. The molecule has 1 aromatic heterocycles. The van der Waals surface area contributed by atoms with Crippen LogP contribution in [0.5, 0.6) is 5.75 Å². The molecule has 150 valence electrons. The Balaban J connectivity index is 1.27. The second-order valence-corrected chi connectivity index (χ2v) is 7.24. The number of carbonyl (C=O) groups is 1. The number of nitrogens with zero attached hydrogens (tertiary/aromatic N) is 3. The molecule has 6 heteroatoms. The minimum absolute atomic E-state index is 0.0263. The maximum atomic E-state index is 12.5. The molecule has 2 heterocycles. The summed E-state index contributed by atoms with van der Waals surface area (Å²) in [6, 6.07) is 17.8. The van der Waals surface area contributed by atoms with Gasteiger partial charge in [0.25, 0.3) is 0 Å². The molecule has 6 nitrogen and oxygen atoms in total. The summed E-state index contributed by atoms with van der Waals surface area (Å²) in [5.74, 6) is 2.20. The Kier molecular flexibility index (Phi) is 5.89. The largest absolute Gasteiger partial charge is 0.489 e. The average Bonchev–Trinajstić information content (AvgIpc) is 3.43. The molecule has 1 aliphatic rings. The van der Waals surface area contributed by atoms with Crippen LogP contribution < -0.4 is 4.74 Å². The van der Waals surface area contributed by atoms with Gasteiger partial charge in [0.1, 0.15) is 11.9 Å². The quantitative estimate of drug-likeness (QED) is 0.611. The summed E-state index contributed by atoms with van der Waals surface area (Å²) >= 11 is 0. The molecule has 0 spiro atoms. The first-order chi connectivity index (χ1) is 14.2. The molecule has 0 radical (unpaired) electrons. The third kappa shape index (κ3) is 4.83. The summed E-state index contributed by atoms with van der Waals surface area (Å²) in [7, 11) is 0. The summed E-state index contributed by atoms with van der Waals surface area (Å²) in [4.78, 5) is 18.7. The van der Waals surface area contributed by atoms with Gasteiger partial charge in [0.15, 0.2) is 0 Å². The highest BCUT2D eigenvalue weighted by molar-refractivity contribution is 5.76. The van der Waals surface area contributed by atoms with E-state index >= 15 is 0 Å². The van der Waals surface area contributed by atoms with Crippen molar-refractivity contribution < 1.29 is 14.1 Å². The maximum absolute atomic E-state index is 12.5. The van der Waals surface area contributed by atoms with Crippen LogP contribution in [-0.4, -0.2) is 40.1 Å². The SMILES string of the molecule is CCc1nc(-c2ccc(OC3CCN(C(=O)CCc4ccccc4)C3)cc2)no1. The number of hydrogen-bond acceptors (Lipinski definition) is 5. The van der Waals surface area contributed by atoms with E-state index in [0.29, 0.717) is 24.7 Å². The van der Waals surface area contributed by atoms with Crippen molar-refractivity contribution >= 4 is 5.91 Å². The molecule has 4 rings (SSSR count). The molecule has 1 atom stereocenters. The number of carbonyl (C=O) groups excluding carboxylic acids is 1. The molecule has 3 aromatic rings. The summed E-state index contributed by atoms with van der Waals surface area (Å²) in [5.41, 5.74) is 2.09. The van der Waals surface area contributed by atoms with Crippen LogP contribution in [0.15, 0.2) is 59.1 Å². The van der Waals surface area contributed by atoms with Gasteiger partial charge in [-0.1, -0.05) is 42.4 Å². The smallest absolute Gasteiger partial charge is 0.226 e. The molecular formula is C23H25N3O3. The molecule has 1 saturated heterocycles. The molecule has 0 aliphatic carbocycles. The van der Waals surface area contributed by atoms with Crippen LogP contribution in [0.25, 0.3) is 11.4 Å². The second kappa shape index (κ2) is 8.90. The van der Waals surface area contributed by atoms with Crippen LogP contribution in [0.2, 0.25) is 0 Å². The zero-order chi connectivity index (χ0) is 20.1. The zero-order valence-electron chi connectivity index (χ0n) is 16.6. The average molecular weight is 391 g/mol. The number of aromatic nitrogens is 2. The van der Waals surface area contributed by atoms with Crippen molar-refractivity contribution in [1.29, 1.82) is 0 Å². The fourth-order valence-corrected chi connectivity index (χ4v) is 3.50. The lowest BCUT2D eigenvalue weighted by molar-refractivity contribution is -0.130. The van der Waals surface area contributed by atoms with Crippen molar-refractivity contribution in [2.45, 2.75) is 38.7 Å². The Hall–Kier alpha value is -3.15. The number of aryl methyl sites for hydroxylation is 2. The third-order valence-corrected chi connectivity index (χ3v) is 5.15. The van der Waals surface area contributed by atoms with Gasteiger partial charge in [-0.3, -0.25) is 4.79 Å². The Labute approximate surface area is 170 Å². The topological polar surface area (TPSA) is 68.5 Å². The Morgan fingerprint density at radius 3 is 2.69 bits per heavy atom. The predicted molar refractivity (Wildman–Crippen MR) is 109 cm³/mol. The van der Waals surface area contributed by atoms with E-state index in [1.807, 2.05) is 54.3 Å². The van der Waals surface area contributed by atoms with E-state index in [1.165, 1.54) is 5.56 Å². The summed E-state index contributed by atoms with van der Waals surface area (Å²) in [6.45, 7) is 3.37. The van der Waals surface area contributed by atoms with Crippen molar-refractivity contribution in [3.8, 4) is 17.1 Å². The number of likely N-dealkylation sites (tertiary alicyclic amines) is 1. The van der Waals surface area contributed by atoms with Crippen LogP contribution in [0.4, 0.5) is 0 Å². The maximum Gasteiger partial charge on any atom is 0.226 e. The molecular weight excluding hydrogens is 366 g/mol. The normalized spacial score (nSPS) is 16.2. The highest BCUT2D eigenvalue weighted by Crippen LogP contribution is 2.23. The first-order valence-electron chi connectivity index (χ1n) is 10.1. The lowest BCUT2D eigenvalue weighted by atomic mass is 10.1. The van der Waals surface area contributed by atoms with Crippen molar-refractivity contribution in [3.63, 3.8) is 0 Å². The molecule has 1 unspecified atom stereocenters. The fraction of sp³-hybridized carbons (Fsp3) is 0.348. The minimum Gasteiger partial charge on any atom is -0.489 e. The van der Waals surface area contributed by atoms with Crippen LogP contribution in [0, 0.1) is 0 Å². The number of amides is 1. The van der Waals surface area contributed by atoms with Crippen molar-refractivity contribution in [1.82, 2.24) is 15.0 Å². The Morgan fingerprint density at radius 1 is 1.17 bits per heavy atom. The van der Waals surface area contributed by atoms with E-state index in [2.05, 4.69) is 22.3 Å². The van der Waals surface area contributed by atoms with Gasteiger partial charge in [-0.2, -0.15) is 4.98 Å². The Bertz CT molecular complexity index is 938. The molecule has 1 amide bonds. The van der Waals surface area contributed by atoms with E-state index < -0.39 is 0 Å². The summed E-state index contributed by atoms with van der Waals surface area (Å²) in [5, 5.41) is 3.99. The number of benzene rings is 2. The van der Waals surface area contributed by atoms with Gasteiger partial charge in [-0.05, 0) is 36.2 Å². The number of hydrogen-bond donors (Lipinski definition) is 0. The van der Waals surface area contributed by atoms with Crippen LogP contribution in [0.3, 0.4) is 0 Å². The molecule has 1 aliphatic heterocycles. The van der Waals surface area contributed by atoms with E-state index in [9.17, 15) is 4.79 Å². The fourth-order valence-electron chi connectivity index (χ4n) is 3.50. The molecule has 0 bridgehead atoms. The highest BCUT2D eigenvalue weighted by atomic mass is 16.5. The first-order valence-corrected chi connectivity index (χ1v) is 10.1. The summed E-state index contributed by atoms with van der Waals surface area (Å²) in [6.07, 6.45) is 2.91. The standard InChI is InChI=1S/C23H25N3O3/c1-2-21-24-23(25-29-21)18-9-11-19(12-10-18)28-20-14-15-26(16-20)22(27)13-8-17-6-4-3-5-7-17/h3-7,9-12,20H,2,8,13-16H2,1H3. The van der Waals surface area contributed by atoms with Gasteiger partial charge in [0.05, 0.1) is 6.54 Å². The molecule has 0 saturated carbocycles. The second-order valence-electron chi connectivity index (χ2n) is 7.24. The molecule has 0 N–H and O–H groups in total. The van der Waals surface area contributed by atoms with E-state index in [0.717, 1.165) is 37.1 Å². The van der Waals surface area contributed by atoms with Crippen molar-refractivity contribution in [2.24, 2.45) is 0 Å². The summed E-state index contributed by atoms with van der Waals surface area (Å²) < 4.78 is 11.2. The van der Waals surface area contributed by atoms with Crippen LogP contribution >= 0.6 is 0 Å². The van der Waals surface area contributed by atoms with Crippen LogP contribution in [0.1, 0.15) is 31.2 Å². The van der Waals surface area contributed by atoms with Crippen LogP contribution in [-0.2, 0) is 17.6 Å². The van der Waals surface area contributed by atoms with Gasteiger partial charge in [0, 0.05) is 31.4 Å². The predicted octanol–water partition coefficient (Wildman–Crippen LogP) is 3.91. The van der Waals surface area contributed by atoms with Gasteiger partial charge in [-0.15, -0.1) is 0 Å². The lowest BCUT2D eigenvalue weighted by Crippen LogP contribution is -2.31. The van der Waals surface area contributed by atoms with Gasteiger partial charge in [-0.25, -0.2) is 0 Å². The molecule has 2 aromatic carbocycles. The molecule has 1 fully saturated rings. The lowest BCUT2D eigenvalue weighted by Gasteiger charge is -2.17. The Morgan fingerprint density at radius 2 is 1.97 bits per heavy atom. The zero-order valence-corrected chi connectivity index (χ0v) is 16.6. The van der Waals surface area contributed by atoms with E-state index in [4.69, 9.17) is 9.26 Å². The van der Waals surface area contributed by atoms with E-state index in [1.54, 1.807) is 0 Å². The van der Waals surface area contributed by atoms with Gasteiger partial charge in [0.2, 0.25) is 17.6 Å². The first kappa shape index (κ1) is 19.2. The third-order valence-electron chi connectivity index (χ3n) is 5.15. The molecule has 29 heavy (non-hydrogen) atoms. The van der Waals surface area contributed by atoms with Gasteiger partial charge < -0.3 is 14.2 Å². The van der Waals surface area contributed by atoms with Crippen molar-refractivity contribution in [3.05, 3.63) is 66.1 Å².